The molecule has 0 unspecified atom stereocenters. The summed E-state index contributed by atoms with van der Waals surface area (Å²) < 4.78 is 22.4. The molecule has 4 aromatic rings. The Morgan fingerprint density at radius 2 is 1.82 bits per heavy atom. The molecule has 1 aromatic heterocycles. The lowest BCUT2D eigenvalue weighted by atomic mass is 10.00. The van der Waals surface area contributed by atoms with Crippen molar-refractivity contribution in [2.75, 3.05) is 18.1 Å². The average Bonchev–Trinajstić information content (AvgIpc) is 3.61. The number of para-hydroxylation sites is 1. The monoisotopic (exact) mass is 529 g/mol. The van der Waals surface area contributed by atoms with Crippen molar-refractivity contribution in [1.82, 2.24) is 20.3 Å². The number of nitrogens with zero attached hydrogens (tertiary/aromatic N) is 4. The van der Waals surface area contributed by atoms with E-state index < -0.39 is 23.7 Å². The van der Waals surface area contributed by atoms with Crippen LogP contribution in [0.25, 0.3) is 11.0 Å². The fraction of sp³-hybridized carbons (Fsp3) is 0.333. The minimum Gasteiger partial charge on any atom is -0.376 e. The van der Waals surface area contributed by atoms with Crippen LogP contribution in [0, 0.1) is 5.82 Å². The van der Waals surface area contributed by atoms with Crippen LogP contribution in [0.3, 0.4) is 0 Å². The summed E-state index contributed by atoms with van der Waals surface area (Å²) in [5, 5.41) is 11.2. The van der Waals surface area contributed by atoms with Gasteiger partial charge in [0.2, 0.25) is 11.8 Å². The summed E-state index contributed by atoms with van der Waals surface area (Å²) >= 11 is 0. The highest BCUT2D eigenvalue weighted by atomic mass is 19.1. The first kappa shape index (κ1) is 26.5. The van der Waals surface area contributed by atoms with Gasteiger partial charge in [-0.3, -0.25) is 14.5 Å². The van der Waals surface area contributed by atoms with Crippen molar-refractivity contribution in [2.45, 2.75) is 51.3 Å². The van der Waals surface area contributed by atoms with Crippen LogP contribution >= 0.6 is 0 Å². The zero-order valence-corrected chi connectivity index (χ0v) is 22.1. The van der Waals surface area contributed by atoms with Gasteiger partial charge in [-0.2, -0.15) is 0 Å². The maximum Gasteiger partial charge on any atom is 0.249 e. The Hall–Kier alpha value is -4.11. The number of carbonyl (C=O) groups excluding carboxylic acids is 2. The van der Waals surface area contributed by atoms with Gasteiger partial charge in [0.25, 0.3) is 0 Å². The maximum atomic E-state index is 15.3. The third kappa shape index (κ3) is 5.83. The number of amides is 2. The molecule has 1 fully saturated rings. The highest BCUT2D eigenvalue weighted by molar-refractivity contribution is 6.01. The second-order valence-electron chi connectivity index (χ2n) is 10.1. The van der Waals surface area contributed by atoms with Crippen molar-refractivity contribution >= 4 is 28.5 Å². The van der Waals surface area contributed by atoms with E-state index in [1.54, 1.807) is 30.3 Å². The summed E-state index contributed by atoms with van der Waals surface area (Å²) in [7, 11) is 0. The Morgan fingerprint density at radius 1 is 1.08 bits per heavy atom. The van der Waals surface area contributed by atoms with Crippen molar-refractivity contribution in [3.8, 4) is 0 Å². The number of halogens is 1. The number of carbonyl (C=O) groups is 2. The molecule has 0 saturated carbocycles. The lowest BCUT2D eigenvalue weighted by Gasteiger charge is -2.32. The molecular formula is C30H32FN5O3. The van der Waals surface area contributed by atoms with Gasteiger partial charge in [0, 0.05) is 24.4 Å². The number of benzene rings is 3. The van der Waals surface area contributed by atoms with E-state index in [2.05, 4.69) is 29.5 Å². The summed E-state index contributed by atoms with van der Waals surface area (Å²) in [6.45, 7) is 4.90. The minimum atomic E-state index is -1.25. The fourth-order valence-corrected chi connectivity index (χ4v) is 4.91. The molecule has 2 heterocycles. The van der Waals surface area contributed by atoms with Crippen LogP contribution < -0.4 is 10.2 Å². The van der Waals surface area contributed by atoms with E-state index in [1.165, 1.54) is 15.6 Å². The van der Waals surface area contributed by atoms with Crippen molar-refractivity contribution in [3.05, 3.63) is 89.7 Å². The summed E-state index contributed by atoms with van der Waals surface area (Å²) in [6, 6.07) is 19.6. The van der Waals surface area contributed by atoms with Crippen LogP contribution in [-0.4, -0.2) is 46.1 Å². The van der Waals surface area contributed by atoms with Gasteiger partial charge in [-0.05, 0) is 54.7 Å². The average molecular weight is 530 g/mol. The van der Waals surface area contributed by atoms with Gasteiger partial charge in [-0.1, -0.05) is 61.5 Å². The van der Waals surface area contributed by atoms with Crippen LogP contribution in [0.1, 0.15) is 49.8 Å². The van der Waals surface area contributed by atoms with Gasteiger partial charge in [-0.25, -0.2) is 9.07 Å². The number of ether oxygens (including phenoxy) is 1. The molecule has 8 nitrogen and oxygen atoms in total. The predicted octanol–water partition coefficient (Wildman–Crippen LogP) is 4.76. The zero-order chi connectivity index (χ0) is 27.4. The molecule has 1 saturated heterocycles. The SMILES string of the molecule is CC(C)c1ccc(N(C(=O)Cn2nnc3ccccc32)[C@H](C(=O)NC[C@H]2CCCO2)c2ccccc2F)cc1. The quantitative estimate of drug-likeness (QED) is 0.338. The van der Waals surface area contributed by atoms with E-state index in [9.17, 15) is 9.59 Å². The largest absolute Gasteiger partial charge is 0.376 e. The second kappa shape index (κ2) is 11.7. The zero-order valence-electron chi connectivity index (χ0n) is 22.1. The number of fused-ring (bicyclic) bond motifs is 1. The van der Waals surface area contributed by atoms with Gasteiger partial charge < -0.3 is 10.1 Å². The van der Waals surface area contributed by atoms with Crippen LogP contribution in [-0.2, 0) is 20.9 Å². The molecule has 0 radical (unpaired) electrons. The first-order chi connectivity index (χ1) is 18.9. The fourth-order valence-electron chi connectivity index (χ4n) is 4.91. The van der Waals surface area contributed by atoms with E-state index >= 15 is 4.39 Å². The molecule has 3 aromatic carbocycles. The maximum absolute atomic E-state index is 15.3. The lowest BCUT2D eigenvalue weighted by molar-refractivity contribution is -0.127. The third-order valence-corrected chi connectivity index (χ3v) is 7.05. The highest BCUT2D eigenvalue weighted by Gasteiger charge is 2.35. The molecule has 2 atom stereocenters. The number of nitrogens with one attached hydrogen (secondary N) is 1. The third-order valence-electron chi connectivity index (χ3n) is 7.05. The minimum absolute atomic E-state index is 0.104. The smallest absolute Gasteiger partial charge is 0.249 e. The molecule has 202 valence electrons. The van der Waals surface area contributed by atoms with Crippen LogP contribution in [0.15, 0.2) is 72.8 Å². The van der Waals surface area contributed by atoms with Crippen molar-refractivity contribution in [1.29, 1.82) is 0 Å². The highest BCUT2D eigenvalue weighted by Crippen LogP contribution is 2.31. The molecule has 0 spiro atoms. The van der Waals surface area contributed by atoms with Crippen molar-refractivity contribution < 1.29 is 18.7 Å². The van der Waals surface area contributed by atoms with Crippen molar-refractivity contribution in [3.63, 3.8) is 0 Å². The van der Waals surface area contributed by atoms with Gasteiger partial charge in [0.15, 0.2) is 0 Å². The molecule has 0 bridgehead atoms. The summed E-state index contributed by atoms with van der Waals surface area (Å²) in [5.41, 5.74) is 3.00. The number of hydrogen-bond donors (Lipinski definition) is 1. The standard InChI is InChI=1S/C30H32FN5O3/c1-20(2)21-13-15-22(16-14-21)36(28(37)19-35-27-12-6-5-11-26(27)33-34-35)29(24-9-3-4-10-25(24)31)30(38)32-18-23-8-7-17-39-23/h3-6,9-16,20,23,29H,7-8,17-19H2,1-2H3,(H,32,38)/t23-,29+/m1/s1. The van der Waals surface area contributed by atoms with E-state index in [0.717, 1.165) is 18.4 Å². The van der Waals surface area contributed by atoms with Crippen LogP contribution in [0.5, 0.6) is 0 Å². The Labute approximate surface area is 226 Å². The van der Waals surface area contributed by atoms with E-state index in [0.29, 0.717) is 23.3 Å². The van der Waals surface area contributed by atoms with E-state index in [-0.39, 0.29) is 30.7 Å². The molecule has 1 N–H and O–H groups in total. The van der Waals surface area contributed by atoms with Gasteiger partial charge in [0.05, 0.1) is 11.6 Å². The molecule has 2 amide bonds. The Balaban J connectivity index is 1.55. The number of hydrogen-bond acceptors (Lipinski definition) is 5. The predicted molar refractivity (Wildman–Crippen MR) is 147 cm³/mol. The first-order valence-electron chi connectivity index (χ1n) is 13.3. The topological polar surface area (TPSA) is 89.4 Å². The number of anilines is 1. The van der Waals surface area contributed by atoms with E-state index in [4.69, 9.17) is 4.74 Å². The van der Waals surface area contributed by atoms with Crippen molar-refractivity contribution in [2.24, 2.45) is 0 Å². The molecule has 5 rings (SSSR count). The second-order valence-corrected chi connectivity index (χ2v) is 10.1. The van der Waals surface area contributed by atoms with Crippen LogP contribution in [0.4, 0.5) is 10.1 Å². The Bertz CT molecular complexity index is 1450. The number of aromatic nitrogens is 3. The summed E-state index contributed by atoms with van der Waals surface area (Å²) in [5.74, 6) is -1.21. The Morgan fingerprint density at radius 3 is 2.54 bits per heavy atom. The molecule has 39 heavy (non-hydrogen) atoms. The molecule has 1 aliphatic heterocycles. The molecule has 1 aliphatic rings. The summed E-state index contributed by atoms with van der Waals surface area (Å²) in [4.78, 5) is 29.2. The van der Waals surface area contributed by atoms with Gasteiger partial charge >= 0.3 is 0 Å². The molecule has 9 heteroatoms. The van der Waals surface area contributed by atoms with Crippen LogP contribution in [0.2, 0.25) is 0 Å². The first-order valence-corrected chi connectivity index (χ1v) is 13.3. The molecule has 0 aliphatic carbocycles. The molecular weight excluding hydrogens is 497 g/mol. The van der Waals surface area contributed by atoms with Gasteiger partial charge in [0.1, 0.15) is 23.9 Å². The summed E-state index contributed by atoms with van der Waals surface area (Å²) in [6.07, 6.45) is 1.66. The number of rotatable bonds is 9. The lowest BCUT2D eigenvalue weighted by Crippen LogP contribution is -2.47. The Kier molecular flexibility index (Phi) is 7.97. The normalized spacial score (nSPS) is 15.9. The van der Waals surface area contributed by atoms with Gasteiger partial charge in [-0.15, -0.1) is 5.10 Å². The van der Waals surface area contributed by atoms with E-state index in [1.807, 2.05) is 36.4 Å².